The van der Waals surface area contributed by atoms with Crippen LogP contribution in [0.4, 0.5) is 5.13 Å². The van der Waals surface area contributed by atoms with Crippen molar-refractivity contribution in [1.29, 1.82) is 0 Å². The number of rotatable bonds is 7. The van der Waals surface area contributed by atoms with Crippen LogP contribution in [-0.2, 0) is 21.0 Å². The number of hydrogen-bond acceptors (Lipinski definition) is 9. The second-order valence-corrected chi connectivity index (χ2v) is 8.94. The summed E-state index contributed by atoms with van der Waals surface area (Å²) in [5.74, 6) is 0.103. The Morgan fingerprint density at radius 2 is 2.35 bits per heavy atom. The first-order valence-corrected chi connectivity index (χ1v) is 11.5. The zero-order valence-electron chi connectivity index (χ0n) is 17.0. The first-order chi connectivity index (χ1) is 15.0. The number of pyridine rings is 1. The van der Waals surface area contributed by atoms with E-state index in [2.05, 4.69) is 30.6 Å². The van der Waals surface area contributed by atoms with Gasteiger partial charge in [-0.2, -0.15) is 9.36 Å². The minimum atomic E-state index is -0.648. The van der Waals surface area contributed by atoms with Gasteiger partial charge in [0.15, 0.2) is 24.1 Å². The Morgan fingerprint density at radius 3 is 3.06 bits per heavy atom. The van der Waals surface area contributed by atoms with Gasteiger partial charge in [0.25, 0.3) is 11.8 Å². The molecule has 0 bridgehead atoms. The zero-order chi connectivity index (χ0) is 22.0. The van der Waals surface area contributed by atoms with Crippen LogP contribution in [0, 0.1) is 6.92 Å². The highest BCUT2D eigenvalue weighted by molar-refractivity contribution is 8.00. The second kappa shape index (κ2) is 9.02. The fraction of sp³-hybridized carbons (Fsp3) is 0.368. The van der Waals surface area contributed by atoms with Gasteiger partial charge in [-0.3, -0.25) is 9.59 Å². The van der Waals surface area contributed by atoms with Gasteiger partial charge in [-0.05, 0) is 19.9 Å². The van der Waals surface area contributed by atoms with Crippen molar-refractivity contribution in [3.05, 3.63) is 47.7 Å². The number of hydrogen-bond donors (Lipinski definition) is 2. The first-order valence-electron chi connectivity index (χ1n) is 9.65. The lowest BCUT2D eigenvalue weighted by molar-refractivity contribution is -0.689. The van der Waals surface area contributed by atoms with Crippen LogP contribution >= 0.6 is 23.3 Å². The molecule has 10 nitrogen and oxygen atoms in total. The zero-order valence-corrected chi connectivity index (χ0v) is 18.7. The number of carbonyl (C=O) groups excluding carboxylic acids is 2. The molecule has 0 spiro atoms. The Bertz CT molecular complexity index is 1070. The van der Waals surface area contributed by atoms with E-state index < -0.39 is 11.9 Å². The van der Waals surface area contributed by atoms with E-state index in [9.17, 15) is 9.59 Å². The molecule has 0 aliphatic carbocycles. The largest absolute Gasteiger partial charge is 0.395 e. The molecule has 4 rings (SSSR count). The summed E-state index contributed by atoms with van der Waals surface area (Å²) in [6, 6.07) is 3.40. The van der Waals surface area contributed by atoms with Gasteiger partial charge in [0, 0.05) is 40.7 Å². The van der Waals surface area contributed by atoms with Crippen LogP contribution < -0.4 is 15.6 Å². The van der Waals surface area contributed by atoms with Gasteiger partial charge < -0.3 is 20.8 Å². The summed E-state index contributed by atoms with van der Waals surface area (Å²) in [6.45, 7) is 4.77. The average Bonchev–Trinajstić information content (AvgIpc) is 3.18. The molecule has 31 heavy (non-hydrogen) atoms. The normalized spacial score (nSPS) is 20.6. The molecule has 1 saturated heterocycles. The minimum absolute atomic E-state index is 0.0748. The highest BCUT2D eigenvalue weighted by Crippen LogP contribution is 2.36. The minimum Gasteiger partial charge on any atom is -0.395 e. The fourth-order valence-corrected chi connectivity index (χ4v) is 4.97. The maximum absolute atomic E-state index is 12.8. The number of carbonyl (C=O) groups is 2. The van der Waals surface area contributed by atoms with Crippen molar-refractivity contribution in [2.24, 2.45) is 5.16 Å². The maximum atomic E-state index is 12.8. The van der Waals surface area contributed by atoms with Crippen LogP contribution in [0.15, 0.2) is 41.5 Å². The molecule has 2 atom stereocenters. The molecule has 162 valence electrons. The number of fused-ring (bicyclic) bond motifs is 1. The number of anilines is 1. The predicted octanol–water partition coefficient (Wildman–Crippen LogP) is 0.441. The number of aryl methyl sites for hydroxylation is 1. The van der Waals surface area contributed by atoms with Crippen molar-refractivity contribution in [2.45, 2.75) is 31.8 Å². The van der Waals surface area contributed by atoms with Crippen molar-refractivity contribution in [3.63, 3.8) is 0 Å². The number of thioether (sulfide) groups is 1. The molecule has 2 amide bonds. The molecule has 0 radical (unpaired) electrons. The number of nitrogens with zero attached hydrogens (tertiary/aromatic N) is 5. The molecular formula is C19H22N7O3S2+. The van der Waals surface area contributed by atoms with Gasteiger partial charge in [-0.25, -0.2) is 4.57 Å². The van der Waals surface area contributed by atoms with E-state index >= 15 is 0 Å². The van der Waals surface area contributed by atoms with Gasteiger partial charge in [0.1, 0.15) is 18.0 Å². The molecule has 12 heteroatoms. The molecular weight excluding hydrogens is 438 g/mol. The molecule has 3 N–H and O–H groups in total. The van der Waals surface area contributed by atoms with Crippen molar-refractivity contribution in [3.8, 4) is 0 Å². The number of amides is 2. The lowest BCUT2D eigenvalue weighted by Crippen LogP contribution is -2.69. The monoisotopic (exact) mass is 460 g/mol. The maximum Gasteiger partial charge on any atom is 0.278 e. The van der Waals surface area contributed by atoms with Gasteiger partial charge >= 0.3 is 0 Å². The Kier molecular flexibility index (Phi) is 6.18. The summed E-state index contributed by atoms with van der Waals surface area (Å²) >= 11 is 2.57. The molecule has 2 aliphatic rings. The second-order valence-electron chi connectivity index (χ2n) is 7.05. The van der Waals surface area contributed by atoms with E-state index in [0.29, 0.717) is 6.54 Å². The van der Waals surface area contributed by atoms with E-state index in [4.69, 9.17) is 10.6 Å². The van der Waals surface area contributed by atoms with Gasteiger partial charge in [-0.15, -0.1) is 11.8 Å². The fourth-order valence-electron chi connectivity index (χ4n) is 3.29. The van der Waals surface area contributed by atoms with Crippen LogP contribution in [0.1, 0.15) is 18.3 Å². The third-order valence-corrected chi connectivity index (χ3v) is 6.59. The lowest BCUT2D eigenvalue weighted by atomic mass is 10.1. The van der Waals surface area contributed by atoms with Crippen molar-refractivity contribution >= 4 is 46.0 Å². The average molecular weight is 461 g/mol. The van der Waals surface area contributed by atoms with Crippen LogP contribution in [0.3, 0.4) is 0 Å². The number of nitrogen functional groups attached to an aromatic ring is 1. The quantitative estimate of drug-likeness (QED) is 0.266. The lowest BCUT2D eigenvalue weighted by Gasteiger charge is -2.47. The molecule has 0 aromatic carbocycles. The Hall–Kier alpha value is -2.99. The third kappa shape index (κ3) is 4.54. The number of nitrogens with two attached hydrogens (primary N) is 1. The van der Waals surface area contributed by atoms with Crippen LogP contribution in [0.2, 0.25) is 0 Å². The summed E-state index contributed by atoms with van der Waals surface area (Å²) in [5, 5.41) is 6.61. The smallest absolute Gasteiger partial charge is 0.278 e. The molecule has 1 fully saturated rings. The SMILES string of the molecule is CCON=C(C(=O)NC1C(=O)N2C=C(C[n+]3cccc(C)c3)CS[C@@H]12)c1nsc(N)n1. The molecule has 2 aromatic heterocycles. The van der Waals surface area contributed by atoms with E-state index in [1.807, 2.05) is 31.5 Å². The van der Waals surface area contributed by atoms with E-state index in [-0.39, 0.29) is 34.6 Å². The standard InChI is InChI=1S/C19H21N7O3S2/c1-3-29-23-13(15-22-19(20)31-24-15)16(27)21-14-17(28)26-9-12(10-30-18(14)26)8-25-6-4-5-11(2)7-25/h4-7,9,14,18H,3,8,10H2,1-2H3,(H2-,20,21,22,24,27)/p+1/t14?,18-/m0/s1. The summed E-state index contributed by atoms with van der Waals surface area (Å²) < 4.78 is 6.11. The van der Waals surface area contributed by atoms with E-state index in [1.165, 1.54) is 5.56 Å². The number of oxime groups is 1. The molecule has 2 aromatic rings. The number of aromatic nitrogens is 3. The Morgan fingerprint density at radius 1 is 1.52 bits per heavy atom. The van der Waals surface area contributed by atoms with Crippen molar-refractivity contribution < 1.29 is 19.0 Å². The van der Waals surface area contributed by atoms with Gasteiger partial charge in [0.05, 0.1) is 0 Å². The molecule has 2 aliphatic heterocycles. The van der Waals surface area contributed by atoms with Crippen LogP contribution in [-0.4, -0.2) is 55.6 Å². The Labute approximate surface area is 187 Å². The summed E-state index contributed by atoms with van der Waals surface area (Å²) in [5.41, 5.74) is 7.82. The van der Waals surface area contributed by atoms with Gasteiger partial charge in [0.2, 0.25) is 11.5 Å². The topological polar surface area (TPSA) is 127 Å². The molecule has 4 heterocycles. The molecule has 0 saturated carbocycles. The summed E-state index contributed by atoms with van der Waals surface area (Å²) in [4.78, 5) is 36.2. The van der Waals surface area contributed by atoms with Crippen LogP contribution in [0.25, 0.3) is 0 Å². The summed E-state index contributed by atoms with van der Waals surface area (Å²) in [7, 11) is 0. The predicted molar refractivity (Wildman–Crippen MR) is 117 cm³/mol. The highest BCUT2D eigenvalue weighted by Gasteiger charge is 2.50. The van der Waals surface area contributed by atoms with Crippen LogP contribution in [0.5, 0.6) is 0 Å². The van der Waals surface area contributed by atoms with E-state index in [1.54, 1.807) is 23.6 Å². The molecule has 1 unspecified atom stereocenters. The number of β-lactam (4-membered cyclic amide) rings is 1. The Balaban J connectivity index is 1.43. The first kappa shape index (κ1) is 21.2. The number of nitrogens with one attached hydrogen (secondary N) is 1. The van der Waals surface area contributed by atoms with Gasteiger partial charge in [-0.1, -0.05) is 5.16 Å². The van der Waals surface area contributed by atoms with Crippen molar-refractivity contribution in [2.75, 3.05) is 18.1 Å². The highest BCUT2D eigenvalue weighted by atomic mass is 32.2. The summed E-state index contributed by atoms with van der Waals surface area (Å²) in [6.07, 6.45) is 5.96. The third-order valence-electron chi connectivity index (χ3n) is 4.67. The van der Waals surface area contributed by atoms with Crippen molar-refractivity contribution in [1.82, 2.24) is 19.6 Å². The van der Waals surface area contributed by atoms with E-state index in [0.717, 1.165) is 22.9 Å².